The second kappa shape index (κ2) is 8.93. The Morgan fingerprint density at radius 3 is 2.45 bits per heavy atom. The molecule has 0 fully saturated rings. The molecule has 1 aliphatic heterocycles. The molecule has 0 saturated carbocycles. The zero-order valence-corrected chi connectivity index (χ0v) is 19.0. The lowest BCUT2D eigenvalue weighted by Crippen LogP contribution is -2.36. The second-order valence-electron chi connectivity index (χ2n) is 7.22. The van der Waals surface area contributed by atoms with E-state index in [2.05, 4.69) is 5.10 Å². The van der Waals surface area contributed by atoms with Crippen LogP contribution in [-0.4, -0.2) is 46.5 Å². The minimum atomic E-state index is -3.96. The van der Waals surface area contributed by atoms with E-state index >= 15 is 0 Å². The van der Waals surface area contributed by atoms with Gasteiger partial charge in [-0.15, -0.1) is 0 Å². The van der Waals surface area contributed by atoms with E-state index in [1.807, 2.05) is 0 Å². The van der Waals surface area contributed by atoms with E-state index in [4.69, 9.17) is 16.3 Å². The number of hydrogen-bond donors (Lipinski definition) is 0. The molecule has 0 bridgehead atoms. The van der Waals surface area contributed by atoms with Crippen molar-refractivity contribution in [3.8, 4) is 5.69 Å². The third-order valence-electron chi connectivity index (χ3n) is 5.25. The molecule has 0 amide bonds. The van der Waals surface area contributed by atoms with Crippen LogP contribution in [0.3, 0.4) is 0 Å². The number of aromatic nitrogens is 2. The maximum Gasteiger partial charge on any atom is 0.359 e. The maximum absolute atomic E-state index is 13.2. The third-order valence-corrected chi connectivity index (χ3v) is 7.36. The fraction of sp³-hybridized carbons (Fsp3) is 0.238. The summed E-state index contributed by atoms with van der Waals surface area (Å²) in [5.74, 6) is -0.643. The van der Waals surface area contributed by atoms with Crippen LogP contribution in [0.15, 0.2) is 53.4 Å². The Morgan fingerprint density at radius 2 is 1.85 bits per heavy atom. The van der Waals surface area contributed by atoms with Gasteiger partial charge >= 0.3 is 5.97 Å². The molecule has 2 aromatic carbocycles. The number of sulfonamides is 1. The summed E-state index contributed by atoms with van der Waals surface area (Å²) < 4.78 is 34.4. The van der Waals surface area contributed by atoms with Crippen molar-refractivity contribution in [3.05, 3.63) is 80.6 Å². The molecule has 1 aromatic heterocycles. The first-order valence-corrected chi connectivity index (χ1v) is 11.8. The van der Waals surface area contributed by atoms with Crippen molar-refractivity contribution in [1.82, 2.24) is 14.1 Å². The number of nitro groups is 1. The molecule has 4 rings (SSSR count). The Balaban J connectivity index is 1.73. The number of ether oxygens (including phenoxy) is 1. The molecule has 2 heterocycles. The van der Waals surface area contributed by atoms with E-state index in [9.17, 15) is 23.3 Å². The van der Waals surface area contributed by atoms with Crippen LogP contribution in [-0.2, 0) is 27.7 Å². The van der Waals surface area contributed by atoms with Crippen LogP contribution in [0.2, 0.25) is 5.02 Å². The molecule has 0 N–H and O–H groups in total. The average molecular weight is 491 g/mol. The Hall–Kier alpha value is -3.28. The summed E-state index contributed by atoms with van der Waals surface area (Å²) in [7, 11) is -3.96. The van der Waals surface area contributed by atoms with E-state index in [1.54, 1.807) is 35.9 Å². The average Bonchev–Trinajstić information content (AvgIpc) is 3.19. The molecule has 0 spiro atoms. The highest BCUT2D eigenvalue weighted by Crippen LogP contribution is 2.30. The predicted octanol–water partition coefficient (Wildman–Crippen LogP) is 3.36. The van der Waals surface area contributed by atoms with Crippen LogP contribution in [0.1, 0.15) is 28.7 Å². The molecular formula is C21H19ClN4O6S. The maximum atomic E-state index is 13.2. The molecule has 0 atom stereocenters. The fourth-order valence-corrected chi connectivity index (χ4v) is 5.18. The molecule has 33 heavy (non-hydrogen) atoms. The summed E-state index contributed by atoms with van der Waals surface area (Å²) in [6, 6.07) is 11.6. The Labute approximate surface area is 194 Å². The van der Waals surface area contributed by atoms with Crippen molar-refractivity contribution in [2.24, 2.45) is 0 Å². The fourth-order valence-electron chi connectivity index (χ4n) is 3.65. The van der Waals surface area contributed by atoms with Gasteiger partial charge in [0.2, 0.25) is 10.0 Å². The number of hydrogen-bond acceptors (Lipinski definition) is 7. The third kappa shape index (κ3) is 4.34. The Kier molecular flexibility index (Phi) is 6.19. The predicted molar refractivity (Wildman–Crippen MR) is 119 cm³/mol. The van der Waals surface area contributed by atoms with Crippen LogP contribution >= 0.6 is 11.6 Å². The lowest BCUT2D eigenvalue weighted by molar-refractivity contribution is -0.384. The quantitative estimate of drug-likeness (QED) is 0.294. The summed E-state index contributed by atoms with van der Waals surface area (Å²) in [5, 5.41) is 15.9. The number of esters is 1. The molecule has 172 valence electrons. The normalized spacial score (nSPS) is 14.0. The first-order valence-electron chi connectivity index (χ1n) is 10.0. The molecular weight excluding hydrogens is 472 g/mol. The van der Waals surface area contributed by atoms with Gasteiger partial charge in [-0.25, -0.2) is 17.9 Å². The number of rotatable bonds is 6. The molecule has 0 unspecified atom stereocenters. The lowest BCUT2D eigenvalue weighted by Gasteiger charge is -2.27. The zero-order chi connectivity index (χ0) is 23.8. The SMILES string of the molecule is CCOC(=O)c1nn(-c2ccc(Cl)cc2)c2c1CN(S(=O)(=O)c1ccc([N+](=O)[O-])cc1)CC2. The molecule has 0 aliphatic carbocycles. The summed E-state index contributed by atoms with van der Waals surface area (Å²) in [6.07, 6.45) is 0.302. The number of halogens is 1. The number of benzene rings is 2. The van der Waals surface area contributed by atoms with Gasteiger partial charge in [0.15, 0.2) is 5.69 Å². The van der Waals surface area contributed by atoms with Gasteiger partial charge in [0, 0.05) is 42.2 Å². The topological polar surface area (TPSA) is 125 Å². The van der Waals surface area contributed by atoms with Crippen molar-refractivity contribution in [1.29, 1.82) is 0 Å². The van der Waals surface area contributed by atoms with Crippen LogP contribution in [0.25, 0.3) is 5.69 Å². The van der Waals surface area contributed by atoms with E-state index in [0.29, 0.717) is 28.4 Å². The van der Waals surface area contributed by atoms with E-state index in [1.165, 1.54) is 16.4 Å². The van der Waals surface area contributed by atoms with E-state index in [0.717, 1.165) is 12.1 Å². The minimum Gasteiger partial charge on any atom is -0.461 e. The Bertz CT molecular complexity index is 1320. The van der Waals surface area contributed by atoms with Crippen molar-refractivity contribution < 1.29 is 22.9 Å². The number of carbonyl (C=O) groups is 1. The van der Waals surface area contributed by atoms with Gasteiger partial charge in [-0.3, -0.25) is 10.1 Å². The minimum absolute atomic E-state index is 0.0467. The highest BCUT2D eigenvalue weighted by atomic mass is 35.5. The summed E-state index contributed by atoms with van der Waals surface area (Å²) in [6.45, 7) is 1.88. The number of nitrogens with zero attached hydrogens (tertiary/aromatic N) is 4. The summed E-state index contributed by atoms with van der Waals surface area (Å²) >= 11 is 5.98. The summed E-state index contributed by atoms with van der Waals surface area (Å²) in [4.78, 5) is 22.8. The second-order valence-corrected chi connectivity index (χ2v) is 9.60. The van der Waals surface area contributed by atoms with E-state index in [-0.39, 0.29) is 36.0 Å². The van der Waals surface area contributed by atoms with Gasteiger partial charge in [0.25, 0.3) is 5.69 Å². The van der Waals surface area contributed by atoms with Crippen molar-refractivity contribution in [2.45, 2.75) is 24.8 Å². The van der Waals surface area contributed by atoms with Crippen molar-refractivity contribution >= 4 is 33.3 Å². The smallest absolute Gasteiger partial charge is 0.359 e. The van der Waals surface area contributed by atoms with Crippen LogP contribution < -0.4 is 0 Å². The largest absolute Gasteiger partial charge is 0.461 e. The highest BCUT2D eigenvalue weighted by Gasteiger charge is 2.35. The number of non-ortho nitro benzene ring substituents is 1. The van der Waals surface area contributed by atoms with Crippen LogP contribution in [0.5, 0.6) is 0 Å². The van der Waals surface area contributed by atoms with Crippen LogP contribution in [0.4, 0.5) is 5.69 Å². The molecule has 3 aromatic rings. The van der Waals surface area contributed by atoms with Gasteiger partial charge in [-0.05, 0) is 43.3 Å². The first-order chi connectivity index (χ1) is 15.7. The van der Waals surface area contributed by atoms with Gasteiger partial charge in [0.05, 0.1) is 27.8 Å². The number of fused-ring (bicyclic) bond motifs is 1. The van der Waals surface area contributed by atoms with Gasteiger partial charge < -0.3 is 4.74 Å². The zero-order valence-electron chi connectivity index (χ0n) is 17.5. The van der Waals surface area contributed by atoms with Crippen molar-refractivity contribution in [2.75, 3.05) is 13.2 Å². The molecule has 10 nitrogen and oxygen atoms in total. The molecule has 0 radical (unpaired) electrons. The van der Waals surface area contributed by atoms with Crippen LogP contribution in [0, 0.1) is 10.1 Å². The lowest BCUT2D eigenvalue weighted by atomic mass is 10.1. The number of nitro benzene ring substituents is 1. The van der Waals surface area contributed by atoms with E-state index < -0.39 is 20.9 Å². The molecule has 1 aliphatic rings. The molecule has 0 saturated heterocycles. The standard InChI is InChI=1S/C21H19ClN4O6S/c1-2-32-21(27)20-18-13-24(33(30,31)17-9-7-16(8-10-17)26(28)29)12-11-19(18)25(23-20)15-5-3-14(22)4-6-15/h3-10H,2,11-13H2,1H3. The highest BCUT2D eigenvalue weighted by molar-refractivity contribution is 7.89. The van der Waals surface area contributed by atoms with Gasteiger partial charge in [-0.1, -0.05) is 11.6 Å². The van der Waals surface area contributed by atoms with Gasteiger partial charge in [-0.2, -0.15) is 9.40 Å². The monoisotopic (exact) mass is 490 g/mol. The summed E-state index contributed by atoms with van der Waals surface area (Å²) in [5.41, 5.74) is 1.68. The molecule has 12 heteroatoms. The van der Waals surface area contributed by atoms with Crippen molar-refractivity contribution in [3.63, 3.8) is 0 Å². The number of carbonyl (C=O) groups excluding carboxylic acids is 1. The first kappa shape index (κ1) is 22.9. The van der Waals surface area contributed by atoms with Gasteiger partial charge in [0.1, 0.15) is 0 Å². The Morgan fingerprint density at radius 1 is 1.18 bits per heavy atom.